The van der Waals surface area contributed by atoms with Gasteiger partial charge in [0.25, 0.3) is 0 Å². The first kappa shape index (κ1) is 11.3. The lowest BCUT2D eigenvalue weighted by atomic mass is 10.1. The molecule has 2 rings (SSSR count). The van der Waals surface area contributed by atoms with E-state index < -0.39 is 0 Å². The molecule has 0 bridgehead atoms. The van der Waals surface area contributed by atoms with Crippen molar-refractivity contribution in [1.29, 1.82) is 10.5 Å². The highest BCUT2D eigenvalue weighted by Gasteiger charge is 2.16. The van der Waals surface area contributed by atoms with Crippen LogP contribution in [-0.2, 0) is 6.54 Å². The molecule has 2 aromatic rings. The van der Waals surface area contributed by atoms with Gasteiger partial charge in [-0.3, -0.25) is 0 Å². The number of nitrogens with zero attached hydrogens (tertiary/aromatic N) is 5. The molecule has 1 aromatic carbocycles. The molecule has 0 aliphatic carbocycles. The molecule has 0 N–H and O–H groups in total. The first-order valence-corrected chi connectivity index (χ1v) is 5.52. The van der Waals surface area contributed by atoms with E-state index in [1.165, 1.54) is 4.68 Å². The molecule has 1 aromatic heterocycles. The lowest BCUT2D eigenvalue weighted by Crippen LogP contribution is -2.01. The van der Waals surface area contributed by atoms with Crippen LogP contribution in [-0.4, -0.2) is 15.0 Å². The molecule has 0 atom stereocenters. The Hall–Kier alpha value is -2.18. The van der Waals surface area contributed by atoms with Crippen LogP contribution in [0.2, 0.25) is 0 Å². The third kappa shape index (κ3) is 2.03. The third-order valence-electron chi connectivity index (χ3n) is 2.19. The van der Waals surface area contributed by atoms with Gasteiger partial charge in [-0.1, -0.05) is 39.3 Å². The Morgan fingerprint density at radius 3 is 2.71 bits per heavy atom. The zero-order valence-electron chi connectivity index (χ0n) is 8.63. The first-order chi connectivity index (χ1) is 8.27. The second-order valence-electron chi connectivity index (χ2n) is 3.19. The van der Waals surface area contributed by atoms with Crippen molar-refractivity contribution in [2.45, 2.75) is 6.54 Å². The topological polar surface area (TPSA) is 78.3 Å². The van der Waals surface area contributed by atoms with Crippen LogP contribution in [0.4, 0.5) is 0 Å². The highest BCUT2D eigenvalue weighted by atomic mass is 79.9. The Labute approximate surface area is 106 Å². The molecule has 17 heavy (non-hydrogen) atoms. The maximum absolute atomic E-state index is 8.99. The van der Waals surface area contributed by atoms with Crippen LogP contribution in [0.5, 0.6) is 0 Å². The summed E-state index contributed by atoms with van der Waals surface area (Å²) in [7, 11) is 0. The van der Waals surface area contributed by atoms with E-state index in [2.05, 4.69) is 26.2 Å². The number of hydrogen-bond acceptors (Lipinski definition) is 4. The van der Waals surface area contributed by atoms with Crippen LogP contribution < -0.4 is 0 Å². The average Bonchev–Trinajstić information content (AvgIpc) is 2.73. The molecule has 0 fully saturated rings. The van der Waals surface area contributed by atoms with E-state index in [9.17, 15) is 0 Å². The second-order valence-corrected chi connectivity index (χ2v) is 4.05. The molecular weight excluding hydrogens is 282 g/mol. The monoisotopic (exact) mass is 287 g/mol. The average molecular weight is 288 g/mol. The minimum absolute atomic E-state index is 0.0609. The fraction of sp³-hybridized carbons (Fsp3) is 0.0909. The molecule has 5 nitrogen and oxygen atoms in total. The highest BCUT2D eigenvalue weighted by Crippen LogP contribution is 2.29. The predicted molar refractivity (Wildman–Crippen MR) is 63.5 cm³/mol. The molecule has 0 saturated carbocycles. The number of hydrogen-bond donors (Lipinski definition) is 0. The van der Waals surface area contributed by atoms with E-state index in [0.717, 1.165) is 10.0 Å². The van der Waals surface area contributed by atoms with Crippen molar-refractivity contribution in [1.82, 2.24) is 15.0 Å². The van der Waals surface area contributed by atoms with Crippen molar-refractivity contribution in [2.24, 2.45) is 0 Å². The SMILES string of the molecule is N#CCn1nnc(C#N)c1-c1ccccc1Br. The summed E-state index contributed by atoms with van der Waals surface area (Å²) < 4.78 is 2.25. The quantitative estimate of drug-likeness (QED) is 0.847. The minimum Gasteiger partial charge on any atom is -0.229 e. The van der Waals surface area contributed by atoms with Gasteiger partial charge in [-0.15, -0.1) is 5.10 Å². The molecule has 0 unspecified atom stereocenters. The zero-order valence-corrected chi connectivity index (χ0v) is 10.2. The van der Waals surface area contributed by atoms with Crippen LogP contribution in [0, 0.1) is 22.7 Å². The molecule has 0 saturated heterocycles. The van der Waals surface area contributed by atoms with Gasteiger partial charge in [0.1, 0.15) is 18.3 Å². The Bertz CT molecular complexity index is 632. The standard InChI is InChI=1S/C11H6BrN5/c12-9-4-2-1-3-8(9)11-10(7-14)15-16-17(11)6-5-13/h1-4H,6H2. The molecular formula is C11H6BrN5. The van der Waals surface area contributed by atoms with Gasteiger partial charge in [-0.05, 0) is 6.07 Å². The normalized spacial score (nSPS) is 9.59. The Morgan fingerprint density at radius 2 is 2.06 bits per heavy atom. The largest absolute Gasteiger partial charge is 0.229 e. The fourth-order valence-electron chi connectivity index (χ4n) is 1.49. The number of halogens is 1. The summed E-state index contributed by atoms with van der Waals surface area (Å²) in [5.74, 6) is 0. The van der Waals surface area contributed by atoms with Gasteiger partial charge in [0, 0.05) is 10.0 Å². The van der Waals surface area contributed by atoms with Gasteiger partial charge in [0.05, 0.1) is 6.07 Å². The van der Waals surface area contributed by atoms with Crippen LogP contribution >= 0.6 is 15.9 Å². The van der Waals surface area contributed by atoms with E-state index in [1.54, 1.807) is 0 Å². The fourth-order valence-corrected chi connectivity index (χ4v) is 1.96. The van der Waals surface area contributed by atoms with Gasteiger partial charge >= 0.3 is 0 Å². The summed E-state index contributed by atoms with van der Waals surface area (Å²) in [5, 5.41) is 25.2. The van der Waals surface area contributed by atoms with Gasteiger partial charge in [-0.25, -0.2) is 4.68 Å². The summed E-state index contributed by atoms with van der Waals surface area (Å²) in [6.45, 7) is 0.0609. The van der Waals surface area contributed by atoms with Gasteiger partial charge in [0.2, 0.25) is 0 Å². The van der Waals surface area contributed by atoms with Crippen molar-refractivity contribution in [3.05, 3.63) is 34.4 Å². The van der Waals surface area contributed by atoms with Crippen LogP contribution in [0.1, 0.15) is 5.69 Å². The summed E-state index contributed by atoms with van der Waals surface area (Å²) in [4.78, 5) is 0. The smallest absolute Gasteiger partial charge is 0.190 e. The van der Waals surface area contributed by atoms with Crippen LogP contribution in [0.15, 0.2) is 28.7 Å². The Morgan fingerprint density at radius 1 is 1.29 bits per heavy atom. The summed E-state index contributed by atoms with van der Waals surface area (Å²) in [6, 6.07) is 11.4. The lowest BCUT2D eigenvalue weighted by Gasteiger charge is -2.04. The first-order valence-electron chi connectivity index (χ1n) is 4.73. The number of rotatable bonds is 2. The van der Waals surface area contributed by atoms with E-state index in [4.69, 9.17) is 10.5 Å². The van der Waals surface area contributed by atoms with E-state index in [-0.39, 0.29) is 12.2 Å². The molecule has 0 aliphatic rings. The zero-order chi connectivity index (χ0) is 12.3. The Kier molecular flexibility index (Phi) is 3.17. The molecule has 0 radical (unpaired) electrons. The molecule has 6 heteroatoms. The highest BCUT2D eigenvalue weighted by molar-refractivity contribution is 9.10. The summed E-state index contributed by atoms with van der Waals surface area (Å²) in [5.41, 5.74) is 1.57. The van der Waals surface area contributed by atoms with E-state index in [1.807, 2.05) is 36.4 Å². The molecule has 0 amide bonds. The van der Waals surface area contributed by atoms with Crippen molar-refractivity contribution in [3.8, 4) is 23.4 Å². The Balaban J connectivity index is 2.66. The maximum Gasteiger partial charge on any atom is 0.190 e. The summed E-state index contributed by atoms with van der Waals surface area (Å²) >= 11 is 3.41. The van der Waals surface area contributed by atoms with Crippen molar-refractivity contribution in [3.63, 3.8) is 0 Å². The lowest BCUT2D eigenvalue weighted by molar-refractivity contribution is 0.674. The van der Waals surface area contributed by atoms with Crippen LogP contribution in [0.3, 0.4) is 0 Å². The van der Waals surface area contributed by atoms with Crippen molar-refractivity contribution >= 4 is 15.9 Å². The summed E-state index contributed by atoms with van der Waals surface area (Å²) in [6.07, 6.45) is 0. The molecule has 82 valence electrons. The van der Waals surface area contributed by atoms with Crippen molar-refractivity contribution < 1.29 is 0 Å². The van der Waals surface area contributed by atoms with Gasteiger partial charge in [-0.2, -0.15) is 10.5 Å². The van der Waals surface area contributed by atoms with Gasteiger partial charge < -0.3 is 0 Å². The number of aromatic nitrogens is 3. The molecule has 1 heterocycles. The molecule has 0 aliphatic heterocycles. The van der Waals surface area contributed by atoms with E-state index >= 15 is 0 Å². The number of benzene rings is 1. The van der Waals surface area contributed by atoms with Crippen molar-refractivity contribution in [2.75, 3.05) is 0 Å². The third-order valence-corrected chi connectivity index (χ3v) is 2.88. The molecule has 0 spiro atoms. The maximum atomic E-state index is 8.99. The predicted octanol–water partition coefficient (Wildman–Crippen LogP) is 2.10. The second kappa shape index (κ2) is 4.77. The van der Waals surface area contributed by atoms with Crippen LogP contribution in [0.25, 0.3) is 11.3 Å². The van der Waals surface area contributed by atoms with E-state index in [0.29, 0.717) is 5.69 Å². The minimum atomic E-state index is 0.0609. The van der Waals surface area contributed by atoms with Gasteiger partial charge in [0.15, 0.2) is 5.69 Å². The number of nitriles is 2.